The van der Waals surface area contributed by atoms with Crippen molar-refractivity contribution in [2.24, 2.45) is 23.7 Å². The molecule has 124 valence electrons. The molecule has 2 bridgehead atoms. The zero-order valence-corrected chi connectivity index (χ0v) is 13.4. The summed E-state index contributed by atoms with van der Waals surface area (Å²) in [5.74, 6) is 0.0262. The summed E-state index contributed by atoms with van der Waals surface area (Å²) in [7, 11) is 0. The van der Waals surface area contributed by atoms with Crippen LogP contribution in [-0.4, -0.2) is 34.2 Å². The maximum Gasteiger partial charge on any atom is 0.233 e. The van der Waals surface area contributed by atoms with Crippen LogP contribution < -0.4 is 5.32 Å². The third-order valence-electron chi connectivity index (χ3n) is 5.28. The lowest BCUT2D eigenvalue weighted by molar-refractivity contribution is -0.140. The number of nitrogens with one attached hydrogen (secondary N) is 1. The molecule has 2 heterocycles. The molecule has 6 nitrogen and oxygen atoms in total. The van der Waals surface area contributed by atoms with Gasteiger partial charge in [0, 0.05) is 18.7 Å². The third-order valence-corrected chi connectivity index (χ3v) is 5.28. The van der Waals surface area contributed by atoms with Crippen LogP contribution in [0.1, 0.15) is 18.5 Å². The van der Waals surface area contributed by atoms with Crippen LogP contribution in [0.3, 0.4) is 0 Å². The molecule has 1 aromatic rings. The van der Waals surface area contributed by atoms with Crippen LogP contribution in [0.5, 0.6) is 0 Å². The molecule has 1 aromatic heterocycles. The van der Waals surface area contributed by atoms with E-state index in [1.54, 1.807) is 6.07 Å². The van der Waals surface area contributed by atoms with E-state index < -0.39 is 0 Å². The number of carbonyl (C=O) groups excluding carboxylic acids is 3. The maximum atomic E-state index is 12.5. The predicted molar refractivity (Wildman–Crippen MR) is 86.7 cm³/mol. The van der Waals surface area contributed by atoms with E-state index in [0.717, 1.165) is 12.1 Å². The smallest absolute Gasteiger partial charge is 0.233 e. The summed E-state index contributed by atoms with van der Waals surface area (Å²) in [4.78, 5) is 42.6. The number of nitrogens with zero attached hydrogens (tertiary/aromatic N) is 2. The van der Waals surface area contributed by atoms with Gasteiger partial charge in [0.15, 0.2) is 0 Å². The van der Waals surface area contributed by atoms with Gasteiger partial charge in [-0.05, 0) is 37.3 Å². The van der Waals surface area contributed by atoms with E-state index in [1.165, 1.54) is 4.90 Å². The highest BCUT2D eigenvalue weighted by Gasteiger charge is 2.58. The second kappa shape index (κ2) is 5.54. The van der Waals surface area contributed by atoms with Crippen molar-refractivity contribution in [3.05, 3.63) is 36.0 Å². The highest BCUT2D eigenvalue weighted by Crippen LogP contribution is 2.52. The number of aryl methyl sites for hydroxylation is 1. The highest BCUT2D eigenvalue weighted by molar-refractivity contribution is 6.06. The third kappa shape index (κ3) is 2.33. The molecule has 3 aliphatic rings. The molecule has 0 unspecified atom stereocenters. The Hall–Kier alpha value is -2.50. The molecular formula is C18H19N3O3. The van der Waals surface area contributed by atoms with E-state index in [-0.39, 0.29) is 54.4 Å². The summed E-state index contributed by atoms with van der Waals surface area (Å²) in [6.07, 6.45) is 5.14. The van der Waals surface area contributed by atoms with Gasteiger partial charge in [-0.25, -0.2) is 4.98 Å². The highest BCUT2D eigenvalue weighted by atomic mass is 16.2. The number of imide groups is 1. The lowest BCUT2D eigenvalue weighted by Gasteiger charge is -2.16. The van der Waals surface area contributed by atoms with Gasteiger partial charge in [-0.3, -0.25) is 19.3 Å². The van der Waals surface area contributed by atoms with Gasteiger partial charge in [0.25, 0.3) is 0 Å². The van der Waals surface area contributed by atoms with Gasteiger partial charge in [-0.2, -0.15) is 0 Å². The van der Waals surface area contributed by atoms with Crippen LogP contribution in [0, 0.1) is 30.6 Å². The largest absolute Gasteiger partial charge is 0.311 e. The standard InChI is InChI=1S/C18H19N3O3/c1-10-3-2-4-13(19-10)20-14(22)7-8-21-17(23)15-11-5-6-12(9-11)16(15)18(21)24/h2-6,11-12,15-16H,7-9H2,1H3,(H,19,20,22)/t11-,12-,15-,16-/m0/s1. The molecule has 1 aliphatic heterocycles. The molecule has 1 saturated heterocycles. The number of fused-ring (bicyclic) bond motifs is 5. The number of hydrogen-bond acceptors (Lipinski definition) is 4. The topological polar surface area (TPSA) is 79.4 Å². The Labute approximate surface area is 139 Å². The Bertz CT molecular complexity index is 728. The number of hydrogen-bond donors (Lipinski definition) is 1. The zero-order valence-electron chi connectivity index (χ0n) is 13.4. The quantitative estimate of drug-likeness (QED) is 0.672. The van der Waals surface area contributed by atoms with Crippen molar-refractivity contribution in [2.45, 2.75) is 19.8 Å². The van der Waals surface area contributed by atoms with Crippen LogP contribution in [0.25, 0.3) is 0 Å². The maximum absolute atomic E-state index is 12.5. The molecule has 2 aliphatic carbocycles. The SMILES string of the molecule is Cc1cccc(NC(=O)CCN2C(=O)[C@@H]3[C@@H](C2=O)[C@H]2C=C[C@H]3C2)n1. The van der Waals surface area contributed by atoms with Crippen LogP contribution >= 0.6 is 0 Å². The molecular weight excluding hydrogens is 306 g/mol. The number of amides is 3. The molecule has 4 rings (SSSR count). The first kappa shape index (κ1) is 15.1. The van der Waals surface area contributed by atoms with Crippen LogP contribution in [0.15, 0.2) is 30.4 Å². The molecule has 0 spiro atoms. The Morgan fingerprint density at radius 2 is 1.88 bits per heavy atom. The van der Waals surface area contributed by atoms with E-state index in [0.29, 0.717) is 5.82 Å². The number of pyridine rings is 1. The first-order valence-corrected chi connectivity index (χ1v) is 8.31. The molecule has 0 aromatic carbocycles. The lowest BCUT2D eigenvalue weighted by atomic mass is 9.85. The van der Waals surface area contributed by atoms with Gasteiger partial charge >= 0.3 is 0 Å². The second-order valence-corrected chi connectivity index (χ2v) is 6.79. The van der Waals surface area contributed by atoms with Gasteiger partial charge in [0.1, 0.15) is 5.82 Å². The monoisotopic (exact) mass is 325 g/mol. The fraction of sp³-hybridized carbons (Fsp3) is 0.444. The van der Waals surface area contributed by atoms with Crippen molar-refractivity contribution in [2.75, 3.05) is 11.9 Å². The number of aromatic nitrogens is 1. The first-order valence-electron chi connectivity index (χ1n) is 8.31. The minimum atomic E-state index is -0.244. The van der Waals surface area contributed by atoms with E-state index in [9.17, 15) is 14.4 Å². The van der Waals surface area contributed by atoms with Crippen LogP contribution in [-0.2, 0) is 14.4 Å². The summed E-state index contributed by atoms with van der Waals surface area (Å²) in [5, 5.41) is 2.71. The van der Waals surface area contributed by atoms with E-state index >= 15 is 0 Å². The molecule has 2 fully saturated rings. The van der Waals surface area contributed by atoms with Crippen molar-refractivity contribution in [3.8, 4) is 0 Å². The average Bonchev–Trinajstić information content (AvgIpc) is 3.20. The summed E-state index contributed by atoms with van der Waals surface area (Å²) < 4.78 is 0. The molecule has 1 N–H and O–H groups in total. The average molecular weight is 325 g/mol. The minimum absolute atomic E-state index is 0.0926. The number of allylic oxidation sites excluding steroid dienone is 2. The lowest BCUT2D eigenvalue weighted by Crippen LogP contribution is -2.35. The fourth-order valence-electron chi connectivity index (χ4n) is 4.22. The number of carbonyl (C=O) groups is 3. The molecule has 24 heavy (non-hydrogen) atoms. The van der Waals surface area contributed by atoms with E-state index in [4.69, 9.17) is 0 Å². The normalized spacial score (nSPS) is 30.1. The van der Waals surface area contributed by atoms with Crippen molar-refractivity contribution in [1.29, 1.82) is 0 Å². The van der Waals surface area contributed by atoms with Gasteiger partial charge in [-0.15, -0.1) is 0 Å². The molecule has 1 saturated carbocycles. The second-order valence-electron chi connectivity index (χ2n) is 6.79. The summed E-state index contributed by atoms with van der Waals surface area (Å²) in [5.41, 5.74) is 0.813. The predicted octanol–water partition coefficient (Wildman–Crippen LogP) is 1.53. The zero-order chi connectivity index (χ0) is 16.8. The van der Waals surface area contributed by atoms with E-state index in [2.05, 4.69) is 22.5 Å². The van der Waals surface area contributed by atoms with Crippen molar-refractivity contribution >= 4 is 23.5 Å². The molecule has 3 amide bonds. The molecule has 6 heteroatoms. The van der Waals surface area contributed by atoms with Crippen LogP contribution in [0.2, 0.25) is 0 Å². The fourth-order valence-corrected chi connectivity index (χ4v) is 4.22. The molecule has 4 atom stereocenters. The van der Waals surface area contributed by atoms with Crippen molar-refractivity contribution in [1.82, 2.24) is 9.88 Å². The Kier molecular flexibility index (Phi) is 3.48. The Balaban J connectivity index is 1.37. The van der Waals surface area contributed by atoms with E-state index in [1.807, 2.05) is 19.1 Å². The summed E-state index contributed by atoms with van der Waals surface area (Å²) in [6.45, 7) is 1.99. The Morgan fingerprint density at radius 3 is 2.50 bits per heavy atom. The van der Waals surface area contributed by atoms with Gasteiger partial charge in [0.05, 0.1) is 11.8 Å². The number of rotatable bonds is 4. The molecule has 0 radical (unpaired) electrons. The van der Waals surface area contributed by atoms with Crippen molar-refractivity contribution in [3.63, 3.8) is 0 Å². The Morgan fingerprint density at radius 1 is 1.21 bits per heavy atom. The van der Waals surface area contributed by atoms with Gasteiger partial charge in [0.2, 0.25) is 17.7 Å². The summed E-state index contributed by atoms with van der Waals surface area (Å²) in [6, 6.07) is 5.37. The summed E-state index contributed by atoms with van der Waals surface area (Å²) >= 11 is 0. The number of anilines is 1. The first-order chi connectivity index (χ1) is 11.5. The minimum Gasteiger partial charge on any atom is -0.311 e. The number of likely N-dealkylation sites (tertiary alicyclic amines) is 1. The van der Waals surface area contributed by atoms with Crippen molar-refractivity contribution < 1.29 is 14.4 Å². The van der Waals surface area contributed by atoms with Gasteiger partial charge in [-0.1, -0.05) is 18.2 Å². The van der Waals surface area contributed by atoms with Crippen LogP contribution in [0.4, 0.5) is 5.82 Å². The van der Waals surface area contributed by atoms with Gasteiger partial charge < -0.3 is 5.32 Å².